The molecule has 1 nitrogen and oxygen atoms in total. The Kier molecular flexibility index (Phi) is 1.80. The highest BCUT2D eigenvalue weighted by molar-refractivity contribution is 5.09. The molecule has 0 amide bonds. The lowest BCUT2D eigenvalue weighted by atomic mass is 10.3. The van der Waals surface area contributed by atoms with Crippen molar-refractivity contribution in [3.63, 3.8) is 0 Å². The Morgan fingerprint density at radius 2 is 1.91 bits per heavy atom. The van der Waals surface area contributed by atoms with E-state index in [1.54, 1.807) is 0 Å². The molecular weight excluding hydrogens is 162 g/mol. The van der Waals surface area contributed by atoms with Crippen LogP contribution in [0.2, 0.25) is 0 Å². The molecule has 0 aliphatic heterocycles. The van der Waals surface area contributed by atoms with Crippen LogP contribution in [0, 0.1) is 5.82 Å². The van der Waals surface area contributed by atoms with Crippen molar-refractivity contribution in [2.75, 3.05) is 0 Å². The number of hydrogen-bond acceptors (Lipinski definition) is 1. The van der Waals surface area contributed by atoms with E-state index in [-0.39, 0.29) is 0 Å². The minimum absolute atomic E-state index is 0.718. The molecule has 0 atom stereocenters. The van der Waals surface area contributed by atoms with Crippen molar-refractivity contribution in [2.24, 2.45) is 0 Å². The maximum atomic E-state index is 12.3. The number of hydrogen-bond donors (Lipinski definition) is 0. The lowest BCUT2D eigenvalue weighted by molar-refractivity contribution is -0.143. The van der Waals surface area contributed by atoms with Gasteiger partial charge in [-0.25, -0.2) is 9.37 Å². The third-order valence-electron chi connectivity index (χ3n) is 1.03. The van der Waals surface area contributed by atoms with Crippen molar-refractivity contribution in [3.05, 3.63) is 29.8 Å². The number of rotatable bonds is 0. The van der Waals surface area contributed by atoms with Crippen LogP contribution in [-0.2, 0) is 6.18 Å². The van der Waals surface area contributed by atoms with Crippen LogP contribution in [0.5, 0.6) is 0 Å². The molecule has 0 spiro atoms. The van der Waals surface area contributed by atoms with E-state index in [9.17, 15) is 17.6 Å². The van der Waals surface area contributed by atoms with Gasteiger partial charge in [0.25, 0.3) is 0 Å². The van der Waals surface area contributed by atoms with Gasteiger partial charge in [-0.3, -0.25) is 0 Å². The highest BCUT2D eigenvalue weighted by atomic mass is 19.4. The summed E-state index contributed by atoms with van der Waals surface area (Å²) >= 11 is 0. The Hall–Kier alpha value is -1.13. The van der Waals surface area contributed by atoms with Gasteiger partial charge in [0, 0.05) is 6.20 Å². The zero-order chi connectivity index (χ0) is 8.48. The predicted molar refractivity (Wildman–Crippen MR) is 29.2 cm³/mol. The average Bonchev–Trinajstić information content (AvgIpc) is 1.86. The summed E-state index contributed by atoms with van der Waals surface area (Å²) in [6.45, 7) is 0. The summed E-state index contributed by atoms with van der Waals surface area (Å²) in [6, 6.07) is 1.82. The molecule has 60 valence electrons. The summed E-state index contributed by atoms with van der Waals surface area (Å²) in [5.74, 6) is -1.35. The van der Waals surface area contributed by atoms with Gasteiger partial charge in [0.2, 0.25) is 0 Å². The van der Waals surface area contributed by atoms with Gasteiger partial charge in [-0.15, -0.1) is 0 Å². The highest BCUT2D eigenvalue weighted by Gasteiger charge is 2.35. The third kappa shape index (κ3) is 1.66. The Morgan fingerprint density at radius 1 is 1.27 bits per heavy atom. The average molecular weight is 165 g/mol. The quantitative estimate of drug-likeness (QED) is 0.537. The minimum atomic E-state index is -4.70. The molecule has 0 aliphatic rings. The summed E-state index contributed by atoms with van der Waals surface area (Å²) in [5.41, 5.74) is -1.47. The maximum absolute atomic E-state index is 12.3. The first-order valence-electron chi connectivity index (χ1n) is 2.69. The predicted octanol–water partition coefficient (Wildman–Crippen LogP) is 2.24. The molecule has 0 fully saturated rings. The second-order valence-electron chi connectivity index (χ2n) is 1.83. The molecule has 0 aliphatic carbocycles. The number of alkyl halides is 3. The van der Waals surface area contributed by atoms with E-state index in [0.717, 1.165) is 18.3 Å². The van der Waals surface area contributed by atoms with E-state index >= 15 is 0 Å². The van der Waals surface area contributed by atoms with Gasteiger partial charge in [0.15, 0.2) is 11.5 Å². The first-order chi connectivity index (χ1) is 5.02. The normalized spacial score (nSPS) is 11.6. The smallest absolute Gasteiger partial charge is 0.249 e. The molecule has 0 N–H and O–H groups in total. The monoisotopic (exact) mass is 165 g/mol. The summed E-state index contributed by atoms with van der Waals surface area (Å²) in [7, 11) is 0. The largest absolute Gasteiger partial charge is 0.436 e. The number of nitrogens with zero attached hydrogens (tertiary/aromatic N) is 1. The van der Waals surface area contributed by atoms with E-state index in [1.165, 1.54) is 0 Å². The molecule has 1 aromatic heterocycles. The van der Waals surface area contributed by atoms with Crippen LogP contribution in [0.25, 0.3) is 0 Å². The lowest BCUT2D eigenvalue weighted by Crippen LogP contribution is -2.10. The molecule has 0 bridgehead atoms. The molecule has 0 saturated carbocycles. The van der Waals surface area contributed by atoms with Crippen molar-refractivity contribution in [3.8, 4) is 0 Å². The van der Waals surface area contributed by atoms with E-state index in [0.29, 0.717) is 0 Å². The number of pyridine rings is 1. The van der Waals surface area contributed by atoms with Gasteiger partial charge < -0.3 is 0 Å². The summed E-state index contributed by atoms with van der Waals surface area (Å²) < 4.78 is 47.5. The number of halogens is 4. The van der Waals surface area contributed by atoms with Gasteiger partial charge in [0.1, 0.15) is 0 Å². The SMILES string of the molecule is Fc1cccnc1C(F)(F)F. The van der Waals surface area contributed by atoms with Gasteiger partial charge in [-0.05, 0) is 12.1 Å². The second kappa shape index (κ2) is 2.48. The van der Waals surface area contributed by atoms with E-state index in [4.69, 9.17) is 0 Å². The maximum Gasteiger partial charge on any atom is 0.436 e. The summed E-state index contributed by atoms with van der Waals surface area (Å²) in [4.78, 5) is 2.85. The van der Waals surface area contributed by atoms with E-state index in [2.05, 4.69) is 4.98 Å². The van der Waals surface area contributed by atoms with Crippen LogP contribution in [0.4, 0.5) is 17.6 Å². The molecule has 1 rings (SSSR count). The zero-order valence-electron chi connectivity index (χ0n) is 5.19. The summed E-state index contributed by atoms with van der Waals surface area (Å²) in [6.07, 6.45) is -3.81. The third-order valence-corrected chi connectivity index (χ3v) is 1.03. The highest BCUT2D eigenvalue weighted by Crippen LogP contribution is 2.28. The molecule has 0 radical (unpaired) electrons. The fourth-order valence-corrected chi connectivity index (χ4v) is 0.594. The molecule has 0 saturated heterocycles. The van der Waals surface area contributed by atoms with Crippen LogP contribution in [0.3, 0.4) is 0 Å². The topological polar surface area (TPSA) is 12.9 Å². The summed E-state index contributed by atoms with van der Waals surface area (Å²) in [5, 5.41) is 0. The second-order valence-corrected chi connectivity index (χ2v) is 1.83. The van der Waals surface area contributed by atoms with Gasteiger partial charge in [-0.2, -0.15) is 13.2 Å². The Balaban J connectivity index is 3.14. The van der Waals surface area contributed by atoms with Crippen LogP contribution >= 0.6 is 0 Å². The zero-order valence-corrected chi connectivity index (χ0v) is 5.19. The molecule has 1 aromatic rings. The van der Waals surface area contributed by atoms with Crippen LogP contribution < -0.4 is 0 Å². The molecule has 11 heavy (non-hydrogen) atoms. The molecule has 0 unspecified atom stereocenters. The van der Waals surface area contributed by atoms with Gasteiger partial charge in [0.05, 0.1) is 0 Å². The van der Waals surface area contributed by atoms with E-state index < -0.39 is 17.7 Å². The lowest BCUT2D eigenvalue weighted by Gasteiger charge is -2.04. The Morgan fingerprint density at radius 3 is 2.27 bits per heavy atom. The van der Waals surface area contributed by atoms with Crippen molar-refractivity contribution in [2.45, 2.75) is 6.18 Å². The fourth-order valence-electron chi connectivity index (χ4n) is 0.594. The minimum Gasteiger partial charge on any atom is -0.249 e. The Labute approximate surface area is 59.7 Å². The van der Waals surface area contributed by atoms with Crippen molar-refractivity contribution in [1.82, 2.24) is 4.98 Å². The van der Waals surface area contributed by atoms with Crippen LogP contribution in [0.15, 0.2) is 18.3 Å². The van der Waals surface area contributed by atoms with Gasteiger partial charge >= 0.3 is 6.18 Å². The van der Waals surface area contributed by atoms with Crippen molar-refractivity contribution in [1.29, 1.82) is 0 Å². The van der Waals surface area contributed by atoms with Crippen molar-refractivity contribution < 1.29 is 17.6 Å². The molecule has 5 heteroatoms. The fraction of sp³-hybridized carbons (Fsp3) is 0.167. The number of aromatic nitrogens is 1. The van der Waals surface area contributed by atoms with Crippen molar-refractivity contribution >= 4 is 0 Å². The van der Waals surface area contributed by atoms with E-state index in [1.807, 2.05) is 0 Å². The van der Waals surface area contributed by atoms with Crippen LogP contribution in [-0.4, -0.2) is 4.98 Å². The first-order valence-corrected chi connectivity index (χ1v) is 2.69. The molecule has 0 aromatic carbocycles. The Bertz CT molecular complexity index is 255. The molecule has 1 heterocycles. The standard InChI is InChI=1S/C6H3F4N/c7-4-2-1-3-11-5(4)6(8,9)10/h1-3H. The first kappa shape index (κ1) is 7.97. The molecular formula is C6H3F4N. The van der Waals surface area contributed by atoms with Crippen LogP contribution in [0.1, 0.15) is 5.69 Å². The van der Waals surface area contributed by atoms with Gasteiger partial charge in [-0.1, -0.05) is 0 Å².